The minimum Gasteiger partial charge on any atom is -0.468 e. The number of hydrazone groups is 1. The van der Waals surface area contributed by atoms with Crippen molar-refractivity contribution in [3.05, 3.63) is 75.8 Å². The van der Waals surface area contributed by atoms with Gasteiger partial charge in [0, 0.05) is 22.9 Å². The Balaban J connectivity index is 1.68. The summed E-state index contributed by atoms with van der Waals surface area (Å²) in [7, 11) is -3.85. The number of benzene rings is 1. The molecule has 0 radical (unpaired) electrons. The highest BCUT2D eigenvalue weighted by molar-refractivity contribution is 7.89. The van der Waals surface area contributed by atoms with Crippen molar-refractivity contribution in [3.63, 3.8) is 0 Å². The number of carbonyl (C=O) groups is 1. The molecule has 2 aromatic heterocycles. The molecule has 1 aromatic carbocycles. The van der Waals surface area contributed by atoms with Gasteiger partial charge in [-0.1, -0.05) is 17.7 Å². The molecule has 1 N–H and O–H groups in total. The lowest BCUT2D eigenvalue weighted by Gasteiger charge is -2.21. The number of rotatable bonds is 9. The van der Waals surface area contributed by atoms with E-state index >= 15 is 0 Å². The molecule has 0 bridgehead atoms. The third-order valence-corrected chi connectivity index (χ3v) is 6.79. The average Bonchev–Trinajstić information content (AvgIpc) is 3.39. The lowest BCUT2D eigenvalue weighted by Crippen LogP contribution is -2.34. The fraction of sp³-hybridized carbons (Fsp3) is 0.158. The molecule has 1 amide bonds. The standard InChI is InChI=1S/C19H18ClN3O4S2/c20-15-5-7-18(8-6-15)29(25,26)23(14-16-3-1-11-27-16)10-9-19(24)22-21-13-17-4-2-12-28-17/h1-8,11-13H,9-10,14H2,(H,22,24)/b21-13+. The van der Waals surface area contributed by atoms with Gasteiger partial charge in [-0.2, -0.15) is 9.41 Å². The fourth-order valence-electron chi connectivity index (χ4n) is 2.43. The molecule has 152 valence electrons. The first-order valence-electron chi connectivity index (χ1n) is 8.58. The van der Waals surface area contributed by atoms with E-state index in [1.165, 1.54) is 52.4 Å². The molecule has 0 unspecified atom stereocenters. The van der Waals surface area contributed by atoms with Gasteiger partial charge in [0.25, 0.3) is 0 Å². The summed E-state index contributed by atoms with van der Waals surface area (Å²) < 4.78 is 32.5. The minimum absolute atomic E-state index is 0.00367. The van der Waals surface area contributed by atoms with Crippen LogP contribution >= 0.6 is 22.9 Å². The molecule has 0 spiro atoms. The maximum absolute atomic E-state index is 13.0. The van der Waals surface area contributed by atoms with Crippen LogP contribution in [0.5, 0.6) is 0 Å². The second-order valence-electron chi connectivity index (χ2n) is 5.93. The summed E-state index contributed by atoms with van der Waals surface area (Å²) in [6, 6.07) is 13.0. The number of sulfonamides is 1. The Hall–Kier alpha value is -2.46. The van der Waals surface area contributed by atoms with E-state index in [1.807, 2.05) is 17.5 Å². The Kier molecular flexibility index (Phi) is 7.21. The Morgan fingerprint density at radius 2 is 2.00 bits per heavy atom. The van der Waals surface area contributed by atoms with Crippen LogP contribution in [0.1, 0.15) is 17.1 Å². The molecule has 3 rings (SSSR count). The van der Waals surface area contributed by atoms with Gasteiger partial charge >= 0.3 is 0 Å². The normalized spacial score (nSPS) is 11.9. The molecule has 0 saturated heterocycles. The number of amides is 1. The molecule has 0 aliphatic heterocycles. The molecule has 3 aromatic rings. The van der Waals surface area contributed by atoms with Crippen molar-refractivity contribution in [1.29, 1.82) is 0 Å². The van der Waals surface area contributed by atoms with Crippen molar-refractivity contribution in [2.45, 2.75) is 17.9 Å². The second-order valence-corrected chi connectivity index (χ2v) is 9.28. The number of furan rings is 1. The van der Waals surface area contributed by atoms with E-state index in [-0.39, 0.29) is 24.4 Å². The van der Waals surface area contributed by atoms with E-state index in [0.29, 0.717) is 10.8 Å². The van der Waals surface area contributed by atoms with E-state index < -0.39 is 15.9 Å². The summed E-state index contributed by atoms with van der Waals surface area (Å²) in [6.07, 6.45) is 2.94. The number of carbonyl (C=O) groups excluding carboxylic acids is 1. The Morgan fingerprint density at radius 3 is 2.66 bits per heavy atom. The van der Waals surface area contributed by atoms with Crippen LogP contribution in [-0.4, -0.2) is 31.4 Å². The maximum Gasteiger partial charge on any atom is 0.243 e. The van der Waals surface area contributed by atoms with Crippen molar-refractivity contribution >= 4 is 45.1 Å². The molecule has 0 saturated carbocycles. The molecular formula is C19H18ClN3O4S2. The van der Waals surface area contributed by atoms with Crippen LogP contribution in [0.15, 0.2) is 74.6 Å². The number of thiophene rings is 1. The van der Waals surface area contributed by atoms with Crippen LogP contribution in [0.2, 0.25) is 5.02 Å². The number of nitrogens with one attached hydrogen (secondary N) is 1. The number of hydrogen-bond donors (Lipinski definition) is 1. The van der Waals surface area contributed by atoms with Gasteiger partial charge in [0.05, 0.1) is 23.9 Å². The lowest BCUT2D eigenvalue weighted by atomic mass is 10.4. The zero-order valence-electron chi connectivity index (χ0n) is 15.2. The minimum atomic E-state index is -3.85. The van der Waals surface area contributed by atoms with Gasteiger partial charge in [-0.05, 0) is 47.8 Å². The summed E-state index contributed by atoms with van der Waals surface area (Å²) in [5.41, 5.74) is 2.41. The van der Waals surface area contributed by atoms with Crippen molar-refractivity contribution in [3.8, 4) is 0 Å². The Bertz CT molecular complexity index is 1050. The van der Waals surface area contributed by atoms with Crippen molar-refractivity contribution in [2.75, 3.05) is 6.54 Å². The van der Waals surface area contributed by atoms with Gasteiger partial charge in [-0.25, -0.2) is 13.8 Å². The van der Waals surface area contributed by atoms with Crippen molar-refractivity contribution < 1.29 is 17.6 Å². The van der Waals surface area contributed by atoms with Gasteiger partial charge in [-0.15, -0.1) is 11.3 Å². The van der Waals surface area contributed by atoms with Gasteiger partial charge < -0.3 is 4.42 Å². The predicted molar refractivity (Wildman–Crippen MR) is 112 cm³/mol. The third-order valence-electron chi connectivity index (χ3n) is 3.88. The second kappa shape index (κ2) is 9.84. The summed E-state index contributed by atoms with van der Waals surface area (Å²) >= 11 is 7.34. The lowest BCUT2D eigenvalue weighted by molar-refractivity contribution is -0.121. The van der Waals surface area contributed by atoms with E-state index in [0.717, 1.165) is 4.88 Å². The van der Waals surface area contributed by atoms with E-state index in [1.54, 1.807) is 12.1 Å². The fourth-order valence-corrected chi connectivity index (χ4v) is 4.55. The first kappa shape index (κ1) is 21.3. The molecular weight excluding hydrogens is 434 g/mol. The smallest absolute Gasteiger partial charge is 0.243 e. The van der Waals surface area contributed by atoms with Crippen molar-refractivity contribution in [1.82, 2.24) is 9.73 Å². The van der Waals surface area contributed by atoms with Crippen LogP contribution in [0, 0.1) is 0 Å². The van der Waals surface area contributed by atoms with E-state index in [4.69, 9.17) is 16.0 Å². The van der Waals surface area contributed by atoms with Crippen LogP contribution in [0.3, 0.4) is 0 Å². The quantitative estimate of drug-likeness (QED) is 0.396. The summed E-state index contributed by atoms with van der Waals surface area (Å²) in [5, 5.41) is 6.22. The highest BCUT2D eigenvalue weighted by atomic mass is 35.5. The molecule has 10 heteroatoms. The van der Waals surface area contributed by atoms with Gasteiger partial charge in [0.2, 0.25) is 15.9 Å². The molecule has 7 nitrogen and oxygen atoms in total. The van der Waals surface area contributed by atoms with Gasteiger partial charge in [0.15, 0.2) is 0 Å². The SMILES string of the molecule is O=C(CCN(Cc1ccco1)S(=O)(=O)c1ccc(Cl)cc1)N/N=C/c1cccs1. The number of hydrogen-bond acceptors (Lipinski definition) is 6. The topological polar surface area (TPSA) is 92.0 Å². The van der Waals surface area contributed by atoms with Crippen LogP contribution in [0.25, 0.3) is 0 Å². The van der Waals surface area contributed by atoms with Crippen molar-refractivity contribution in [2.24, 2.45) is 5.10 Å². The van der Waals surface area contributed by atoms with E-state index in [9.17, 15) is 13.2 Å². The zero-order valence-corrected chi connectivity index (χ0v) is 17.6. The van der Waals surface area contributed by atoms with Crippen LogP contribution in [0.4, 0.5) is 0 Å². The average molecular weight is 452 g/mol. The Labute approximate surface area is 177 Å². The third kappa shape index (κ3) is 6.01. The first-order chi connectivity index (χ1) is 13.9. The molecule has 0 atom stereocenters. The molecule has 2 heterocycles. The predicted octanol–water partition coefficient (Wildman–Crippen LogP) is 3.73. The molecule has 29 heavy (non-hydrogen) atoms. The molecule has 0 aliphatic rings. The van der Waals surface area contributed by atoms with Crippen LogP contribution in [-0.2, 0) is 21.4 Å². The molecule has 0 fully saturated rings. The first-order valence-corrected chi connectivity index (χ1v) is 11.3. The van der Waals surface area contributed by atoms with E-state index in [2.05, 4.69) is 10.5 Å². The largest absolute Gasteiger partial charge is 0.468 e. The monoisotopic (exact) mass is 451 g/mol. The number of halogens is 1. The summed E-state index contributed by atoms with van der Waals surface area (Å²) in [4.78, 5) is 13.1. The van der Waals surface area contributed by atoms with Crippen LogP contribution < -0.4 is 5.43 Å². The summed E-state index contributed by atoms with van der Waals surface area (Å²) in [5.74, 6) is 0.0761. The number of nitrogens with zero attached hydrogens (tertiary/aromatic N) is 2. The molecule has 0 aliphatic carbocycles. The van der Waals surface area contributed by atoms with Gasteiger partial charge in [-0.3, -0.25) is 4.79 Å². The summed E-state index contributed by atoms with van der Waals surface area (Å²) in [6.45, 7) is -0.0320. The maximum atomic E-state index is 13.0. The van der Waals surface area contributed by atoms with Gasteiger partial charge in [0.1, 0.15) is 5.76 Å². The highest BCUT2D eigenvalue weighted by Crippen LogP contribution is 2.21. The highest BCUT2D eigenvalue weighted by Gasteiger charge is 2.26. The Morgan fingerprint density at radius 1 is 1.21 bits per heavy atom. The zero-order chi connectivity index (χ0) is 20.7.